The molecule has 1 heterocycles. The van der Waals surface area contributed by atoms with Gasteiger partial charge in [0.1, 0.15) is 24.2 Å². The maximum absolute atomic E-state index is 12.7. The van der Waals surface area contributed by atoms with Crippen LogP contribution in [0.25, 0.3) is 0 Å². The number of carbonyl (C=O) groups is 5. The highest BCUT2D eigenvalue weighted by atomic mass is 32.2. The van der Waals surface area contributed by atoms with Crippen molar-refractivity contribution < 1.29 is 29.1 Å². The van der Waals surface area contributed by atoms with E-state index in [1.807, 2.05) is 13.8 Å². The van der Waals surface area contributed by atoms with Gasteiger partial charge in [-0.2, -0.15) is 0 Å². The molecule has 5 atom stereocenters. The SMILES string of the molecule is CC(=O)N[C@@H](CC(C)C)C(=O)N[C@@H](C)C(=O)N[C@@H](C)C(=O)N[C@@H](CCC(=O)N(C)C)[C@]1(O)C[SH+]1. The van der Waals surface area contributed by atoms with Crippen molar-refractivity contribution in [2.45, 2.75) is 83.0 Å². The predicted octanol–water partition coefficient (Wildman–Crippen LogP) is -1.58. The van der Waals surface area contributed by atoms with Crippen molar-refractivity contribution in [1.29, 1.82) is 0 Å². The fourth-order valence-corrected chi connectivity index (χ4v) is 4.04. The average molecular weight is 503 g/mol. The minimum Gasteiger partial charge on any atom is -0.349 e. The molecule has 0 aliphatic carbocycles. The van der Waals surface area contributed by atoms with Crippen molar-refractivity contribution in [1.82, 2.24) is 26.2 Å². The Morgan fingerprint density at radius 2 is 1.41 bits per heavy atom. The first kappa shape index (κ1) is 29.7. The summed E-state index contributed by atoms with van der Waals surface area (Å²) in [4.78, 5) is 61.5. The molecular formula is C22H40N5O6S+. The van der Waals surface area contributed by atoms with Crippen LogP contribution in [0.3, 0.4) is 0 Å². The number of hydrogen-bond donors (Lipinski definition) is 5. The highest BCUT2D eigenvalue weighted by Gasteiger charge is 2.60. The number of nitrogens with zero attached hydrogens (tertiary/aromatic N) is 1. The number of rotatable bonds is 13. The first-order chi connectivity index (χ1) is 15.7. The van der Waals surface area contributed by atoms with E-state index in [0.717, 1.165) is 11.8 Å². The molecule has 1 aliphatic rings. The van der Waals surface area contributed by atoms with E-state index in [4.69, 9.17) is 0 Å². The van der Waals surface area contributed by atoms with Crippen LogP contribution in [-0.2, 0) is 35.7 Å². The standard InChI is InChI=1S/C22H39N5O6S/c1-12(2)10-16(25-15(5)28)21(32)24-13(3)19(30)23-14(4)20(31)26-17(22(33)11-34-22)8-9-18(29)27(6)7/h12-14,16-17,33H,8-11H2,1-7H3,(H,23,30)(H,24,32)(H,25,28)(H,26,31)/p+1/t13-,14-,16-,17-,22-/m0/s1. The van der Waals surface area contributed by atoms with Crippen molar-refractivity contribution in [2.75, 3.05) is 19.8 Å². The molecule has 34 heavy (non-hydrogen) atoms. The summed E-state index contributed by atoms with van der Waals surface area (Å²) >= 11 is 0.781. The fourth-order valence-electron chi connectivity index (χ4n) is 3.24. The molecule has 0 saturated carbocycles. The maximum atomic E-state index is 12.7. The van der Waals surface area contributed by atoms with Gasteiger partial charge in [0.2, 0.25) is 29.5 Å². The minimum absolute atomic E-state index is 0.110. The molecule has 194 valence electrons. The topological polar surface area (TPSA) is 157 Å². The van der Waals surface area contributed by atoms with Crippen molar-refractivity contribution >= 4 is 41.3 Å². The summed E-state index contributed by atoms with van der Waals surface area (Å²) in [5, 5.41) is 21.0. The van der Waals surface area contributed by atoms with Gasteiger partial charge in [-0.3, -0.25) is 24.0 Å². The predicted molar refractivity (Wildman–Crippen MR) is 131 cm³/mol. The van der Waals surface area contributed by atoms with Crippen LogP contribution in [0.2, 0.25) is 0 Å². The lowest BCUT2D eigenvalue weighted by molar-refractivity contribution is -0.133. The Kier molecular flexibility index (Phi) is 11.3. The molecule has 1 aliphatic heterocycles. The van der Waals surface area contributed by atoms with Gasteiger partial charge in [-0.1, -0.05) is 13.8 Å². The Labute approximate surface area is 205 Å². The number of amides is 5. The van der Waals surface area contributed by atoms with Gasteiger partial charge in [-0.25, -0.2) is 0 Å². The van der Waals surface area contributed by atoms with Crippen LogP contribution >= 0.6 is 0 Å². The van der Waals surface area contributed by atoms with E-state index >= 15 is 0 Å². The van der Waals surface area contributed by atoms with Crippen LogP contribution in [0.5, 0.6) is 0 Å². The highest BCUT2D eigenvalue weighted by Crippen LogP contribution is 2.31. The fraction of sp³-hybridized carbons (Fsp3) is 0.773. The normalized spacial score (nSPS) is 20.4. The van der Waals surface area contributed by atoms with Gasteiger partial charge in [0.25, 0.3) is 4.93 Å². The third kappa shape index (κ3) is 9.88. The smallest absolute Gasteiger partial charge is 0.289 e. The van der Waals surface area contributed by atoms with Crippen LogP contribution in [0.1, 0.15) is 53.9 Å². The van der Waals surface area contributed by atoms with Gasteiger partial charge < -0.3 is 31.3 Å². The summed E-state index contributed by atoms with van der Waals surface area (Å²) in [6, 6.07) is -3.25. The number of nitrogens with one attached hydrogen (secondary N) is 4. The largest absolute Gasteiger partial charge is 0.349 e. The van der Waals surface area contributed by atoms with Crippen LogP contribution in [-0.4, -0.2) is 88.5 Å². The van der Waals surface area contributed by atoms with Gasteiger partial charge in [-0.15, -0.1) is 0 Å². The molecule has 0 aromatic carbocycles. The molecule has 11 nitrogen and oxygen atoms in total. The van der Waals surface area contributed by atoms with E-state index in [1.54, 1.807) is 14.1 Å². The van der Waals surface area contributed by atoms with Crippen molar-refractivity contribution in [2.24, 2.45) is 5.92 Å². The van der Waals surface area contributed by atoms with E-state index < -0.39 is 46.8 Å². The maximum Gasteiger partial charge on any atom is 0.289 e. The third-order valence-electron chi connectivity index (χ3n) is 5.41. The molecule has 5 N–H and O–H groups in total. The van der Waals surface area contributed by atoms with Crippen molar-refractivity contribution in [3.63, 3.8) is 0 Å². The van der Waals surface area contributed by atoms with Crippen molar-refractivity contribution in [3.8, 4) is 0 Å². The molecule has 0 unspecified atom stereocenters. The molecule has 0 bridgehead atoms. The van der Waals surface area contributed by atoms with Crippen LogP contribution in [0, 0.1) is 5.92 Å². The molecular weight excluding hydrogens is 462 g/mol. The summed E-state index contributed by atoms with van der Waals surface area (Å²) in [5.41, 5.74) is 0. The summed E-state index contributed by atoms with van der Waals surface area (Å²) in [6.07, 6.45) is 0.865. The van der Waals surface area contributed by atoms with Crippen LogP contribution in [0.4, 0.5) is 0 Å². The minimum atomic E-state index is -1.07. The second kappa shape index (κ2) is 12.9. The van der Waals surface area contributed by atoms with Crippen molar-refractivity contribution in [3.05, 3.63) is 0 Å². The molecule has 0 aromatic heterocycles. The zero-order chi connectivity index (χ0) is 26.2. The van der Waals surface area contributed by atoms with Crippen LogP contribution < -0.4 is 21.3 Å². The van der Waals surface area contributed by atoms with E-state index in [9.17, 15) is 29.1 Å². The molecule has 5 amide bonds. The van der Waals surface area contributed by atoms with E-state index in [1.165, 1.54) is 25.7 Å². The number of carbonyl (C=O) groups excluding carboxylic acids is 5. The molecule has 0 radical (unpaired) electrons. The lowest BCUT2D eigenvalue weighted by atomic mass is 10.0. The van der Waals surface area contributed by atoms with Gasteiger partial charge in [-0.05, 0) is 32.6 Å². The molecule has 0 aromatic rings. The second-order valence-corrected chi connectivity index (χ2v) is 10.8. The van der Waals surface area contributed by atoms with Gasteiger partial charge >= 0.3 is 0 Å². The number of thiol groups is 1. The Morgan fingerprint density at radius 3 is 1.85 bits per heavy atom. The van der Waals surface area contributed by atoms with E-state index in [0.29, 0.717) is 12.2 Å². The highest BCUT2D eigenvalue weighted by molar-refractivity contribution is 7.87. The van der Waals surface area contributed by atoms with E-state index in [2.05, 4.69) is 21.3 Å². The number of hydrogen-bond acceptors (Lipinski definition) is 6. The van der Waals surface area contributed by atoms with Crippen LogP contribution in [0.15, 0.2) is 0 Å². The summed E-state index contributed by atoms with van der Waals surface area (Å²) in [5.74, 6) is -1.35. The molecule has 1 rings (SSSR count). The van der Waals surface area contributed by atoms with Gasteiger partial charge in [0, 0.05) is 39.2 Å². The Bertz CT molecular complexity index is 771. The lowest BCUT2D eigenvalue weighted by Crippen LogP contribution is -2.57. The van der Waals surface area contributed by atoms with E-state index in [-0.39, 0.29) is 30.6 Å². The zero-order valence-electron chi connectivity index (χ0n) is 21.1. The first-order valence-corrected chi connectivity index (χ1v) is 12.5. The Balaban J connectivity index is 2.65. The molecule has 1 saturated heterocycles. The summed E-state index contributed by atoms with van der Waals surface area (Å²) in [7, 11) is 3.28. The molecule has 0 spiro atoms. The summed E-state index contributed by atoms with van der Waals surface area (Å²) < 4.78 is 0. The lowest BCUT2D eigenvalue weighted by Gasteiger charge is -2.24. The van der Waals surface area contributed by atoms with Gasteiger partial charge in [0.05, 0.1) is 0 Å². The molecule has 1 fully saturated rings. The average Bonchev–Trinajstić information content (AvgIpc) is 3.47. The zero-order valence-corrected chi connectivity index (χ0v) is 22.0. The summed E-state index contributed by atoms with van der Waals surface area (Å²) in [6.45, 7) is 8.13. The Hall–Kier alpha value is -2.34. The van der Waals surface area contributed by atoms with Gasteiger partial charge in [0.15, 0.2) is 5.75 Å². The molecule has 12 heteroatoms. The third-order valence-corrected chi connectivity index (χ3v) is 6.68. The Morgan fingerprint density at radius 1 is 0.912 bits per heavy atom. The monoisotopic (exact) mass is 502 g/mol. The number of aliphatic hydroxyl groups is 1. The second-order valence-electron chi connectivity index (χ2n) is 9.43. The quantitative estimate of drug-likeness (QED) is 0.116. The first-order valence-electron chi connectivity index (χ1n) is 11.5.